The summed E-state index contributed by atoms with van der Waals surface area (Å²) < 4.78 is 7.46. The van der Waals surface area contributed by atoms with E-state index in [0.29, 0.717) is 0 Å². The maximum absolute atomic E-state index is 3.73. The maximum atomic E-state index is 3.73. The predicted octanol–water partition coefficient (Wildman–Crippen LogP) is -4.60. The molecule has 0 aromatic carbocycles. The Morgan fingerprint density at radius 3 is 1.00 bits per heavy atom. The van der Waals surface area contributed by atoms with Crippen molar-refractivity contribution in [2.75, 3.05) is 0 Å². The van der Waals surface area contributed by atoms with Gasteiger partial charge in [-0.25, -0.2) is 0 Å². The van der Waals surface area contributed by atoms with Crippen LogP contribution in [0.2, 0.25) is 10.5 Å². The van der Waals surface area contributed by atoms with E-state index in [2.05, 4.69) is 59.6 Å². The molecule has 0 fully saturated rings. The normalized spacial score (nSPS) is 11.0. The van der Waals surface area contributed by atoms with Gasteiger partial charge in [-0.1, -0.05) is 0 Å². The van der Waals surface area contributed by atoms with Crippen LogP contribution in [-0.2, 0) is 17.1 Å². The van der Waals surface area contributed by atoms with Gasteiger partial charge in [0.1, 0.15) is 0 Å². The van der Waals surface area contributed by atoms with Crippen molar-refractivity contribution in [3.8, 4) is 0 Å². The molecule has 16 heavy (non-hydrogen) atoms. The SMILES string of the molecule is CC(C)(C)[NH][Ti+2]([CH3])([CH3])[NH]C(C)(C)C.[Cl-].[Cl-].[SiH4]. The molecule has 0 amide bonds. The first-order valence-electron chi connectivity index (χ1n) is 5.00. The molecular formula is C10H30Cl2N2SiTi. The van der Waals surface area contributed by atoms with Crippen molar-refractivity contribution in [1.29, 1.82) is 0 Å². The van der Waals surface area contributed by atoms with Crippen molar-refractivity contribution >= 4 is 11.0 Å². The summed E-state index contributed by atoms with van der Waals surface area (Å²) in [6.45, 7) is 13.4. The van der Waals surface area contributed by atoms with Gasteiger partial charge in [-0.15, -0.1) is 0 Å². The zero-order valence-corrected chi connectivity index (χ0v) is 14.3. The fourth-order valence-corrected chi connectivity index (χ4v) is 7.86. The molecule has 0 unspecified atom stereocenters. The molecule has 102 valence electrons. The van der Waals surface area contributed by atoms with Crippen LogP contribution in [-0.4, -0.2) is 22.0 Å². The Morgan fingerprint density at radius 2 is 0.875 bits per heavy atom. The summed E-state index contributed by atoms with van der Waals surface area (Å²) in [5.41, 5.74) is 0.448. The summed E-state index contributed by atoms with van der Waals surface area (Å²) in [7, 11) is 0. The largest absolute Gasteiger partial charge is 1.00 e. The minimum atomic E-state index is -1.98. The van der Waals surface area contributed by atoms with Crippen LogP contribution in [0.1, 0.15) is 41.5 Å². The van der Waals surface area contributed by atoms with E-state index in [4.69, 9.17) is 0 Å². The second kappa shape index (κ2) is 8.52. The zero-order chi connectivity index (χ0) is 10.9. The Kier molecular flexibility index (Phi) is 13.9. The number of nitrogens with one attached hydrogen (secondary N) is 2. The van der Waals surface area contributed by atoms with Crippen LogP contribution < -0.4 is 32.4 Å². The molecular weight excluding hydrogens is 295 g/mol. The minimum absolute atomic E-state index is 0. The van der Waals surface area contributed by atoms with Crippen molar-refractivity contribution in [2.24, 2.45) is 0 Å². The Labute approximate surface area is 123 Å². The summed E-state index contributed by atoms with van der Waals surface area (Å²) in [4.78, 5) is 0. The average molecular weight is 325 g/mol. The summed E-state index contributed by atoms with van der Waals surface area (Å²) in [6.07, 6.45) is 0. The van der Waals surface area contributed by atoms with Crippen LogP contribution >= 0.6 is 0 Å². The molecule has 0 aliphatic rings. The monoisotopic (exact) mass is 324 g/mol. The van der Waals surface area contributed by atoms with Crippen molar-refractivity contribution in [3.05, 3.63) is 0 Å². The van der Waals surface area contributed by atoms with Gasteiger partial charge in [0.05, 0.1) is 0 Å². The first-order valence-corrected chi connectivity index (χ1v) is 9.68. The molecule has 0 rings (SSSR count). The third kappa shape index (κ3) is 17.8. The van der Waals surface area contributed by atoms with Crippen LogP contribution in [0.25, 0.3) is 0 Å². The van der Waals surface area contributed by atoms with Crippen molar-refractivity contribution in [2.45, 2.75) is 63.1 Å². The Morgan fingerprint density at radius 1 is 0.688 bits per heavy atom. The molecule has 6 heteroatoms. The maximum Gasteiger partial charge on any atom is -0.0149 e. The molecule has 0 bridgehead atoms. The van der Waals surface area contributed by atoms with Gasteiger partial charge in [0.15, 0.2) is 0 Å². The number of hydrogen-bond donors (Lipinski definition) is 2. The molecule has 0 aromatic heterocycles. The predicted molar refractivity (Wildman–Crippen MR) is 68.8 cm³/mol. The van der Waals surface area contributed by atoms with Gasteiger partial charge in [0, 0.05) is 0 Å². The van der Waals surface area contributed by atoms with Gasteiger partial charge >= 0.3 is 87.8 Å². The molecule has 2 N–H and O–H groups in total. The van der Waals surface area contributed by atoms with Crippen molar-refractivity contribution in [1.82, 2.24) is 7.60 Å². The van der Waals surface area contributed by atoms with E-state index < -0.39 is 17.1 Å². The van der Waals surface area contributed by atoms with Crippen LogP contribution in [0.5, 0.6) is 0 Å². The van der Waals surface area contributed by atoms with Gasteiger partial charge in [-0.05, 0) is 11.0 Å². The second-order valence-corrected chi connectivity index (χ2v) is 12.2. The van der Waals surface area contributed by atoms with Crippen LogP contribution in [0.3, 0.4) is 0 Å². The number of hydrogen-bond acceptors (Lipinski definition) is 2. The van der Waals surface area contributed by atoms with Crippen LogP contribution in [0, 0.1) is 0 Å². The smallest absolute Gasteiger partial charge is 0.0149 e. The van der Waals surface area contributed by atoms with Crippen molar-refractivity contribution < 1.29 is 41.9 Å². The number of rotatable bonds is 2. The molecule has 0 radical (unpaired) electrons. The van der Waals surface area contributed by atoms with Crippen LogP contribution in [0.4, 0.5) is 0 Å². The van der Waals surface area contributed by atoms with E-state index in [1.807, 2.05) is 0 Å². The second-order valence-electron chi connectivity index (χ2n) is 6.38. The van der Waals surface area contributed by atoms with E-state index >= 15 is 0 Å². The first-order chi connectivity index (χ1) is 5.41. The summed E-state index contributed by atoms with van der Waals surface area (Å²) in [5, 5.41) is 4.72. The van der Waals surface area contributed by atoms with E-state index in [9.17, 15) is 0 Å². The summed E-state index contributed by atoms with van der Waals surface area (Å²) in [5.74, 6) is 0. The van der Waals surface area contributed by atoms with Crippen molar-refractivity contribution in [3.63, 3.8) is 0 Å². The van der Waals surface area contributed by atoms with E-state index in [0.717, 1.165) is 0 Å². The Bertz CT molecular complexity index is 159. The fraction of sp³-hybridized carbons (Fsp3) is 1.00. The molecule has 0 atom stereocenters. The van der Waals surface area contributed by atoms with E-state index in [1.165, 1.54) is 0 Å². The summed E-state index contributed by atoms with van der Waals surface area (Å²) in [6, 6.07) is 0. The standard InChI is InChI=1S/2C4H10N.2CH3.2ClH.H4Si.Ti/c2*1-4(2,3)5;;;;;;/h2*5H,1-3H3;2*1H3;2*1H;1H4;/q2*-1;;;;;;+4/p-2. The topological polar surface area (TPSA) is 24.1 Å². The quantitative estimate of drug-likeness (QED) is 0.500. The van der Waals surface area contributed by atoms with Gasteiger partial charge < -0.3 is 24.8 Å². The minimum Gasteiger partial charge on any atom is -1.00 e. The molecule has 0 heterocycles. The zero-order valence-electron chi connectivity index (χ0n) is 11.3. The van der Waals surface area contributed by atoms with Crippen LogP contribution in [0.15, 0.2) is 0 Å². The molecule has 2 nitrogen and oxygen atoms in total. The van der Waals surface area contributed by atoms with Gasteiger partial charge in [0.25, 0.3) is 0 Å². The molecule has 0 aliphatic carbocycles. The van der Waals surface area contributed by atoms with Gasteiger partial charge in [-0.2, -0.15) is 0 Å². The summed E-state index contributed by atoms with van der Waals surface area (Å²) >= 11 is -1.98. The van der Waals surface area contributed by atoms with E-state index in [-0.39, 0.29) is 46.9 Å². The van der Waals surface area contributed by atoms with Gasteiger partial charge in [0.2, 0.25) is 0 Å². The number of halogens is 2. The molecule has 0 saturated heterocycles. The fourth-order valence-electron chi connectivity index (χ4n) is 1.91. The third-order valence-electron chi connectivity index (χ3n) is 1.38. The first kappa shape index (κ1) is 26.1. The third-order valence-corrected chi connectivity index (χ3v) is 5.67. The Hall–Kier alpha value is 1.43. The molecule has 0 spiro atoms. The molecule has 0 aromatic rings. The Balaban J connectivity index is -0.000000240. The molecule has 0 aliphatic heterocycles. The van der Waals surface area contributed by atoms with E-state index in [1.54, 1.807) is 0 Å². The average Bonchev–Trinajstić information content (AvgIpc) is 1.43. The van der Waals surface area contributed by atoms with Gasteiger partial charge in [-0.3, -0.25) is 0 Å². The molecule has 0 saturated carbocycles.